The summed E-state index contributed by atoms with van der Waals surface area (Å²) in [6, 6.07) is 3.49. The van der Waals surface area contributed by atoms with E-state index in [4.69, 9.17) is 10.4 Å². The lowest BCUT2D eigenvalue weighted by Crippen LogP contribution is -2.12. The minimum Gasteiger partial charge on any atom is -0.481 e. The van der Waals surface area contributed by atoms with E-state index in [0.29, 0.717) is 0 Å². The number of hydrogen-bond donors (Lipinski definition) is 1. The van der Waals surface area contributed by atoms with Crippen molar-refractivity contribution in [3.8, 4) is 6.07 Å². The molecule has 0 spiro atoms. The molecule has 0 saturated heterocycles. The SMILES string of the molecule is CC(CSc1c(F)cc(C#N)cc1F)C(=O)O. The normalized spacial score (nSPS) is 11.9. The van der Waals surface area contributed by atoms with Crippen molar-refractivity contribution in [2.24, 2.45) is 5.92 Å². The summed E-state index contributed by atoms with van der Waals surface area (Å²) in [5, 5.41) is 17.1. The lowest BCUT2D eigenvalue weighted by molar-refractivity contribution is -0.140. The van der Waals surface area contributed by atoms with Gasteiger partial charge in [-0.05, 0) is 12.1 Å². The van der Waals surface area contributed by atoms with Crippen LogP contribution in [0.5, 0.6) is 0 Å². The van der Waals surface area contributed by atoms with Gasteiger partial charge in [-0.2, -0.15) is 5.26 Å². The minimum absolute atomic E-state index is 0.0646. The Bertz CT molecular complexity index is 462. The molecule has 0 bridgehead atoms. The third-order valence-corrected chi connectivity index (χ3v) is 3.37. The maximum atomic E-state index is 13.4. The zero-order valence-corrected chi connectivity index (χ0v) is 9.72. The van der Waals surface area contributed by atoms with Gasteiger partial charge in [0.25, 0.3) is 0 Å². The van der Waals surface area contributed by atoms with Crippen molar-refractivity contribution in [3.05, 3.63) is 29.3 Å². The summed E-state index contributed by atoms with van der Waals surface area (Å²) in [5.41, 5.74) is -0.101. The molecular formula is C11H9F2NO2S. The molecule has 1 unspecified atom stereocenters. The first-order valence-corrected chi connectivity index (χ1v) is 5.69. The van der Waals surface area contributed by atoms with Gasteiger partial charge in [-0.1, -0.05) is 6.92 Å². The molecule has 1 N–H and O–H groups in total. The van der Waals surface area contributed by atoms with Gasteiger partial charge in [-0.3, -0.25) is 4.79 Å². The number of rotatable bonds is 4. The van der Waals surface area contributed by atoms with Crippen LogP contribution in [0, 0.1) is 28.9 Å². The van der Waals surface area contributed by atoms with Gasteiger partial charge in [0.15, 0.2) is 0 Å². The molecule has 0 aliphatic heterocycles. The lowest BCUT2D eigenvalue weighted by Gasteiger charge is -2.07. The molecule has 17 heavy (non-hydrogen) atoms. The van der Waals surface area contributed by atoms with Crippen LogP contribution in [-0.2, 0) is 4.79 Å². The Morgan fingerprint density at radius 1 is 1.53 bits per heavy atom. The van der Waals surface area contributed by atoms with E-state index < -0.39 is 23.5 Å². The molecule has 1 aromatic rings. The largest absolute Gasteiger partial charge is 0.481 e. The number of carboxylic acids is 1. The van der Waals surface area contributed by atoms with Crippen molar-refractivity contribution in [2.75, 3.05) is 5.75 Å². The molecule has 6 heteroatoms. The average molecular weight is 257 g/mol. The summed E-state index contributed by atoms with van der Waals surface area (Å²) in [6.45, 7) is 1.45. The minimum atomic E-state index is -1.02. The number of nitriles is 1. The highest BCUT2D eigenvalue weighted by atomic mass is 32.2. The number of nitrogens with zero attached hydrogens (tertiary/aromatic N) is 1. The average Bonchev–Trinajstić information content (AvgIpc) is 2.27. The van der Waals surface area contributed by atoms with Crippen molar-refractivity contribution in [3.63, 3.8) is 0 Å². The summed E-state index contributed by atoms with van der Waals surface area (Å²) in [5.74, 6) is -3.34. The first-order chi connectivity index (χ1) is 7.95. The molecule has 0 amide bonds. The molecule has 0 saturated carbocycles. The molecular weight excluding hydrogens is 248 g/mol. The van der Waals surface area contributed by atoms with E-state index in [1.165, 1.54) is 6.92 Å². The highest BCUT2D eigenvalue weighted by Gasteiger charge is 2.16. The second-order valence-electron chi connectivity index (χ2n) is 3.43. The van der Waals surface area contributed by atoms with Gasteiger partial charge >= 0.3 is 5.97 Å². The molecule has 0 fully saturated rings. The number of aliphatic carboxylic acids is 1. The highest BCUT2D eigenvalue weighted by molar-refractivity contribution is 7.99. The summed E-state index contributed by atoms with van der Waals surface area (Å²) in [4.78, 5) is 10.3. The van der Waals surface area contributed by atoms with Crippen LogP contribution in [0.15, 0.2) is 17.0 Å². The molecule has 0 aliphatic carbocycles. The first-order valence-electron chi connectivity index (χ1n) is 4.70. The van der Waals surface area contributed by atoms with E-state index in [1.54, 1.807) is 6.07 Å². The molecule has 1 aromatic carbocycles. The van der Waals surface area contributed by atoms with Crippen molar-refractivity contribution < 1.29 is 18.7 Å². The third kappa shape index (κ3) is 3.43. The van der Waals surface area contributed by atoms with Crippen LogP contribution in [0.3, 0.4) is 0 Å². The van der Waals surface area contributed by atoms with E-state index in [0.717, 1.165) is 23.9 Å². The third-order valence-electron chi connectivity index (χ3n) is 2.03. The molecule has 1 atom stereocenters. The summed E-state index contributed by atoms with van der Waals surface area (Å²) >= 11 is 0.789. The topological polar surface area (TPSA) is 61.1 Å². The zero-order valence-electron chi connectivity index (χ0n) is 8.91. The molecule has 0 radical (unpaired) electrons. The van der Waals surface area contributed by atoms with Crippen LogP contribution in [0.1, 0.15) is 12.5 Å². The van der Waals surface area contributed by atoms with Crippen molar-refractivity contribution in [2.45, 2.75) is 11.8 Å². The summed E-state index contributed by atoms with van der Waals surface area (Å²) in [7, 11) is 0. The maximum absolute atomic E-state index is 13.4. The van der Waals surface area contributed by atoms with Crippen LogP contribution in [0.4, 0.5) is 8.78 Å². The Hall–Kier alpha value is -1.61. The predicted octanol–water partition coefficient (Wildman–Crippen LogP) is 2.65. The maximum Gasteiger partial charge on any atom is 0.307 e. The first kappa shape index (κ1) is 13.5. The molecule has 3 nitrogen and oxygen atoms in total. The molecule has 0 aliphatic rings. The van der Waals surface area contributed by atoms with E-state index in [-0.39, 0.29) is 16.2 Å². The Kier molecular flexibility index (Phi) is 4.46. The Morgan fingerprint density at radius 2 is 2.06 bits per heavy atom. The fourth-order valence-corrected chi connectivity index (χ4v) is 1.99. The van der Waals surface area contributed by atoms with E-state index in [9.17, 15) is 13.6 Å². The zero-order chi connectivity index (χ0) is 13.0. The fraction of sp³-hybridized carbons (Fsp3) is 0.273. The number of halogens is 2. The Labute approximate surface area is 101 Å². The summed E-state index contributed by atoms with van der Waals surface area (Å²) < 4.78 is 26.8. The second-order valence-corrected chi connectivity index (χ2v) is 4.46. The van der Waals surface area contributed by atoms with Crippen LogP contribution < -0.4 is 0 Å². The van der Waals surface area contributed by atoms with Gasteiger partial charge in [0.1, 0.15) is 11.6 Å². The Morgan fingerprint density at radius 3 is 2.47 bits per heavy atom. The van der Waals surface area contributed by atoms with Crippen LogP contribution in [0.25, 0.3) is 0 Å². The standard InChI is InChI=1S/C11H9F2NO2S/c1-6(11(15)16)5-17-10-8(12)2-7(4-14)3-9(10)13/h2-3,6H,5H2,1H3,(H,15,16). The molecule has 0 heterocycles. The number of thioether (sulfide) groups is 1. The summed E-state index contributed by atoms with van der Waals surface area (Å²) in [6.07, 6.45) is 0. The van der Waals surface area contributed by atoms with Crippen molar-refractivity contribution in [1.29, 1.82) is 5.26 Å². The quantitative estimate of drug-likeness (QED) is 0.842. The van der Waals surface area contributed by atoms with E-state index in [1.807, 2.05) is 0 Å². The lowest BCUT2D eigenvalue weighted by atomic mass is 10.2. The van der Waals surface area contributed by atoms with Gasteiger partial charge in [-0.15, -0.1) is 11.8 Å². The number of carboxylic acid groups (broad SMARTS) is 1. The highest BCUT2D eigenvalue weighted by Crippen LogP contribution is 2.27. The Balaban J connectivity index is 2.86. The van der Waals surface area contributed by atoms with Gasteiger partial charge in [-0.25, -0.2) is 8.78 Å². The molecule has 1 rings (SSSR count). The number of carbonyl (C=O) groups is 1. The van der Waals surface area contributed by atoms with Gasteiger partial charge < -0.3 is 5.11 Å². The van der Waals surface area contributed by atoms with Crippen LogP contribution in [-0.4, -0.2) is 16.8 Å². The predicted molar refractivity (Wildman–Crippen MR) is 58.6 cm³/mol. The number of hydrogen-bond acceptors (Lipinski definition) is 3. The number of benzene rings is 1. The van der Waals surface area contributed by atoms with E-state index in [2.05, 4.69) is 0 Å². The van der Waals surface area contributed by atoms with E-state index >= 15 is 0 Å². The van der Waals surface area contributed by atoms with Gasteiger partial charge in [0.2, 0.25) is 0 Å². The monoisotopic (exact) mass is 257 g/mol. The molecule has 90 valence electrons. The fourth-order valence-electron chi connectivity index (χ4n) is 1.04. The van der Waals surface area contributed by atoms with Gasteiger partial charge in [0, 0.05) is 5.75 Å². The van der Waals surface area contributed by atoms with Crippen LogP contribution in [0.2, 0.25) is 0 Å². The second kappa shape index (κ2) is 5.64. The molecule has 0 aromatic heterocycles. The van der Waals surface area contributed by atoms with Gasteiger partial charge in [0.05, 0.1) is 22.4 Å². The van der Waals surface area contributed by atoms with Crippen molar-refractivity contribution in [1.82, 2.24) is 0 Å². The smallest absolute Gasteiger partial charge is 0.307 e. The van der Waals surface area contributed by atoms with Crippen LogP contribution >= 0.6 is 11.8 Å². The van der Waals surface area contributed by atoms with Crippen molar-refractivity contribution >= 4 is 17.7 Å².